The van der Waals surface area contributed by atoms with E-state index < -0.39 is 0 Å². The number of aromatic nitrogens is 2. The fourth-order valence-electron chi connectivity index (χ4n) is 4.91. The van der Waals surface area contributed by atoms with Crippen molar-refractivity contribution in [3.8, 4) is 5.75 Å². The molecule has 3 N–H and O–H groups in total. The molecule has 1 saturated carbocycles. The number of nitrogens with one attached hydrogen (secondary N) is 2. The van der Waals surface area contributed by atoms with Crippen LogP contribution >= 0.6 is 0 Å². The average molecular weight is 477 g/mol. The summed E-state index contributed by atoms with van der Waals surface area (Å²) in [6.07, 6.45) is 6.58. The van der Waals surface area contributed by atoms with E-state index in [0.29, 0.717) is 37.2 Å². The summed E-state index contributed by atoms with van der Waals surface area (Å²) in [6, 6.07) is 12.0. The van der Waals surface area contributed by atoms with Gasteiger partial charge in [-0.25, -0.2) is 9.97 Å². The Morgan fingerprint density at radius 2 is 2.03 bits per heavy atom. The van der Waals surface area contributed by atoms with Crippen molar-refractivity contribution in [2.24, 2.45) is 0 Å². The second-order valence-electron chi connectivity index (χ2n) is 9.30. The summed E-state index contributed by atoms with van der Waals surface area (Å²) in [5.41, 5.74) is 3.80. The highest BCUT2D eigenvalue weighted by Gasteiger charge is 2.22. The smallest absolute Gasteiger partial charge is 0.251 e. The lowest BCUT2D eigenvalue weighted by Gasteiger charge is -2.26. The first-order chi connectivity index (χ1) is 17.1. The minimum Gasteiger partial charge on any atom is -0.493 e. The third-order valence-corrected chi connectivity index (χ3v) is 6.90. The van der Waals surface area contributed by atoms with Gasteiger partial charge in [0.15, 0.2) is 0 Å². The monoisotopic (exact) mass is 476 g/mol. The van der Waals surface area contributed by atoms with Gasteiger partial charge in [0.2, 0.25) is 5.95 Å². The van der Waals surface area contributed by atoms with E-state index in [4.69, 9.17) is 9.47 Å². The Morgan fingerprint density at radius 3 is 2.86 bits per heavy atom. The van der Waals surface area contributed by atoms with E-state index in [1.54, 1.807) is 7.05 Å². The first kappa shape index (κ1) is 23.5. The number of hydrogen-bond acceptors (Lipinski definition) is 7. The number of benzene rings is 2. The second-order valence-corrected chi connectivity index (χ2v) is 9.30. The maximum atomic E-state index is 12.0. The van der Waals surface area contributed by atoms with E-state index >= 15 is 0 Å². The van der Waals surface area contributed by atoms with Crippen LogP contribution in [-0.4, -0.2) is 53.4 Å². The summed E-state index contributed by atoms with van der Waals surface area (Å²) in [5, 5.41) is 16.8. The number of nitrogens with zero attached hydrogens (tertiary/aromatic N) is 2. The van der Waals surface area contributed by atoms with Crippen molar-refractivity contribution in [1.29, 1.82) is 0 Å². The number of anilines is 1. The maximum absolute atomic E-state index is 12.0. The molecule has 0 bridgehead atoms. The van der Waals surface area contributed by atoms with E-state index in [2.05, 4.69) is 20.6 Å². The van der Waals surface area contributed by atoms with E-state index in [9.17, 15) is 9.90 Å². The molecule has 0 spiro atoms. The van der Waals surface area contributed by atoms with Crippen molar-refractivity contribution in [2.75, 3.05) is 25.6 Å². The zero-order chi connectivity index (χ0) is 24.2. The van der Waals surface area contributed by atoms with Crippen LogP contribution in [-0.2, 0) is 11.2 Å². The predicted octanol–water partition coefficient (Wildman–Crippen LogP) is 3.79. The fraction of sp³-hybridized carbons (Fsp3) is 0.444. The molecule has 1 aromatic heterocycles. The Balaban J connectivity index is 1.21. The van der Waals surface area contributed by atoms with Crippen molar-refractivity contribution in [1.82, 2.24) is 15.3 Å². The summed E-state index contributed by atoms with van der Waals surface area (Å²) in [4.78, 5) is 21.1. The van der Waals surface area contributed by atoms with Crippen LogP contribution in [0.15, 0.2) is 42.6 Å². The molecule has 0 unspecified atom stereocenters. The third-order valence-electron chi connectivity index (χ3n) is 6.90. The number of aliphatic hydroxyl groups excluding tert-OH is 1. The highest BCUT2D eigenvalue weighted by molar-refractivity contribution is 5.94. The molecular formula is C27H32N4O4. The number of rotatable bonds is 7. The normalized spacial score (nSPS) is 21.8. The fourth-order valence-corrected chi connectivity index (χ4v) is 4.91. The summed E-state index contributed by atoms with van der Waals surface area (Å²) in [6.45, 7) is 1.14. The van der Waals surface area contributed by atoms with Crippen molar-refractivity contribution in [3.05, 3.63) is 59.3 Å². The Bertz CT molecular complexity index is 1190. The molecule has 184 valence electrons. The first-order valence-corrected chi connectivity index (χ1v) is 12.4. The van der Waals surface area contributed by atoms with Gasteiger partial charge in [-0.1, -0.05) is 6.07 Å². The molecule has 1 fully saturated rings. The predicted molar refractivity (Wildman–Crippen MR) is 134 cm³/mol. The molecule has 2 heterocycles. The van der Waals surface area contributed by atoms with Crippen molar-refractivity contribution >= 4 is 22.8 Å². The molecule has 1 aliphatic carbocycles. The molecule has 5 rings (SSSR count). The minimum atomic E-state index is -0.183. The van der Waals surface area contributed by atoms with Crippen LogP contribution in [0.5, 0.6) is 5.75 Å². The Labute approximate surface area is 205 Å². The van der Waals surface area contributed by atoms with E-state index in [1.165, 1.54) is 0 Å². The highest BCUT2D eigenvalue weighted by atomic mass is 16.5. The number of amides is 1. The standard InChI is InChI=1S/C27H32N4O4/c1-28-26(33)18-3-9-23-17(14-18)10-12-35-25(23)11-13-34-22-8-2-19-16-29-27(31-24(19)15-22)30-20-4-6-21(32)7-5-20/h2-3,8-9,14-16,20-21,25,32H,4-7,10-13H2,1H3,(H,28,33)(H,29,30,31)/t20?,21?,25-/m0/s1. The molecule has 1 amide bonds. The molecule has 2 aromatic carbocycles. The Morgan fingerprint density at radius 1 is 1.17 bits per heavy atom. The summed E-state index contributed by atoms with van der Waals surface area (Å²) in [7, 11) is 1.64. The number of fused-ring (bicyclic) bond motifs is 2. The van der Waals surface area contributed by atoms with E-state index in [0.717, 1.165) is 59.9 Å². The molecule has 0 radical (unpaired) electrons. The SMILES string of the molecule is CNC(=O)c1ccc2c(c1)CCO[C@H]2CCOc1ccc2cnc(NC3CCC(O)CC3)nc2c1. The average Bonchev–Trinajstić information content (AvgIpc) is 2.89. The molecule has 1 aliphatic heterocycles. The summed E-state index contributed by atoms with van der Waals surface area (Å²) in [5.74, 6) is 1.29. The minimum absolute atomic E-state index is 0.0508. The van der Waals surface area contributed by atoms with Gasteiger partial charge in [0, 0.05) is 42.7 Å². The molecule has 35 heavy (non-hydrogen) atoms. The van der Waals surface area contributed by atoms with Crippen LogP contribution in [0.25, 0.3) is 10.9 Å². The number of aliphatic hydroxyl groups is 1. The zero-order valence-corrected chi connectivity index (χ0v) is 20.0. The number of carbonyl (C=O) groups excluding carboxylic acids is 1. The Hall–Kier alpha value is -3.23. The van der Waals surface area contributed by atoms with Crippen molar-refractivity contribution in [3.63, 3.8) is 0 Å². The van der Waals surface area contributed by atoms with Crippen LogP contribution in [0, 0.1) is 0 Å². The van der Waals surface area contributed by atoms with Gasteiger partial charge in [-0.15, -0.1) is 0 Å². The lowest BCUT2D eigenvalue weighted by Crippen LogP contribution is -2.28. The maximum Gasteiger partial charge on any atom is 0.251 e. The quantitative estimate of drug-likeness (QED) is 0.476. The molecule has 1 atom stereocenters. The lowest BCUT2D eigenvalue weighted by atomic mass is 9.93. The van der Waals surface area contributed by atoms with Crippen molar-refractivity contribution in [2.45, 2.75) is 56.8 Å². The van der Waals surface area contributed by atoms with Crippen LogP contribution in [0.4, 0.5) is 5.95 Å². The van der Waals surface area contributed by atoms with Crippen LogP contribution in [0.3, 0.4) is 0 Å². The number of hydrogen-bond donors (Lipinski definition) is 3. The first-order valence-electron chi connectivity index (χ1n) is 12.4. The molecule has 2 aliphatic rings. The van der Waals surface area contributed by atoms with Crippen LogP contribution < -0.4 is 15.4 Å². The van der Waals surface area contributed by atoms with Gasteiger partial charge in [-0.2, -0.15) is 0 Å². The highest BCUT2D eigenvalue weighted by Crippen LogP contribution is 2.31. The lowest BCUT2D eigenvalue weighted by molar-refractivity contribution is 0.0276. The van der Waals surface area contributed by atoms with Crippen LogP contribution in [0.2, 0.25) is 0 Å². The molecular weight excluding hydrogens is 444 g/mol. The topological polar surface area (TPSA) is 106 Å². The molecule has 8 nitrogen and oxygen atoms in total. The van der Waals surface area contributed by atoms with Gasteiger partial charge in [0.1, 0.15) is 5.75 Å². The largest absolute Gasteiger partial charge is 0.493 e. The molecule has 3 aromatic rings. The Kier molecular flexibility index (Phi) is 7.11. The van der Waals surface area contributed by atoms with Gasteiger partial charge >= 0.3 is 0 Å². The number of ether oxygens (including phenoxy) is 2. The summed E-state index contributed by atoms with van der Waals surface area (Å²) < 4.78 is 12.1. The van der Waals surface area contributed by atoms with Gasteiger partial charge in [0.25, 0.3) is 5.91 Å². The van der Waals surface area contributed by atoms with E-state index in [1.807, 2.05) is 42.6 Å². The van der Waals surface area contributed by atoms with Crippen molar-refractivity contribution < 1.29 is 19.4 Å². The zero-order valence-electron chi connectivity index (χ0n) is 20.0. The second kappa shape index (κ2) is 10.6. The number of carbonyl (C=O) groups is 1. The molecule has 0 saturated heterocycles. The van der Waals surface area contributed by atoms with Gasteiger partial charge < -0.3 is 25.2 Å². The third kappa shape index (κ3) is 5.55. The van der Waals surface area contributed by atoms with Gasteiger partial charge in [0.05, 0.1) is 30.9 Å². The van der Waals surface area contributed by atoms with Crippen LogP contribution in [0.1, 0.15) is 59.7 Å². The van der Waals surface area contributed by atoms with E-state index in [-0.39, 0.29) is 18.1 Å². The summed E-state index contributed by atoms with van der Waals surface area (Å²) >= 11 is 0. The van der Waals surface area contributed by atoms with Gasteiger partial charge in [-0.05, 0) is 67.5 Å². The van der Waals surface area contributed by atoms with Gasteiger partial charge in [-0.3, -0.25) is 4.79 Å². The molecule has 8 heteroatoms.